The Hall–Kier alpha value is -1.51. The molecule has 5 aliphatic rings. The second-order valence-electron chi connectivity index (χ2n) is 9.84. The van der Waals surface area contributed by atoms with Crippen molar-refractivity contribution in [2.24, 2.45) is 11.8 Å². The second-order valence-corrected chi connectivity index (χ2v) is 9.84. The van der Waals surface area contributed by atoms with E-state index in [1.54, 1.807) is 0 Å². The van der Waals surface area contributed by atoms with Crippen LogP contribution in [0.15, 0.2) is 30.3 Å². The smallest absolute Gasteiger partial charge is 0.281 e. The summed E-state index contributed by atoms with van der Waals surface area (Å²) in [5.74, 6) is 1.27. The van der Waals surface area contributed by atoms with Crippen molar-refractivity contribution in [1.82, 2.24) is 20.9 Å². The lowest BCUT2D eigenvalue weighted by molar-refractivity contribution is -0.126. The molecule has 6 rings (SSSR count). The van der Waals surface area contributed by atoms with Crippen molar-refractivity contribution in [1.29, 1.82) is 0 Å². The summed E-state index contributed by atoms with van der Waals surface area (Å²) in [6.07, 6.45) is 3.39. The summed E-state index contributed by atoms with van der Waals surface area (Å²) in [6.45, 7) is 7.50. The summed E-state index contributed by atoms with van der Waals surface area (Å²) in [5.41, 5.74) is 0.860. The molecule has 3 saturated carbocycles. The number of nitrogens with zero attached hydrogens (tertiary/aromatic N) is 1. The summed E-state index contributed by atoms with van der Waals surface area (Å²) < 4.78 is 0. The van der Waals surface area contributed by atoms with Gasteiger partial charge in [0.1, 0.15) is 5.54 Å². The number of rotatable bonds is 7. The number of benzene rings is 1. The average molecular weight is 401 g/mol. The highest BCUT2D eigenvalue weighted by molar-refractivity contribution is 5.86. The van der Waals surface area contributed by atoms with Gasteiger partial charge in [0.15, 0.2) is 0 Å². The Balaban J connectivity index is 1.26. The first-order chi connectivity index (χ1) is 13.9. The Labute approximate surface area is 172 Å². The van der Waals surface area contributed by atoms with Crippen LogP contribution in [0.5, 0.6) is 0 Å². The molecule has 29 heavy (non-hydrogen) atoms. The highest BCUT2D eigenvalue weighted by Gasteiger charge is 2.64. The fraction of sp³-hybridized carbons (Fsp3) is 0.682. The van der Waals surface area contributed by atoms with Gasteiger partial charge in [0, 0.05) is 24.7 Å². The van der Waals surface area contributed by atoms with E-state index in [0.717, 1.165) is 13.0 Å². The van der Waals surface area contributed by atoms with Gasteiger partial charge in [-0.05, 0) is 57.4 Å². The van der Waals surface area contributed by atoms with Crippen LogP contribution < -0.4 is 16.0 Å². The number of nitrogens with one attached hydrogen (secondary N) is 3. The van der Waals surface area contributed by atoms with Gasteiger partial charge in [-0.25, -0.2) is 4.90 Å². The third kappa shape index (κ3) is 3.49. The molecule has 2 aliphatic heterocycles. The molecule has 0 radical (unpaired) electrons. The van der Waals surface area contributed by atoms with Crippen molar-refractivity contribution in [3.8, 4) is 0 Å². The summed E-state index contributed by atoms with van der Waals surface area (Å²) in [6, 6.07) is 10.7. The zero-order valence-corrected chi connectivity index (χ0v) is 17.5. The zero-order valence-electron chi connectivity index (χ0n) is 17.5. The summed E-state index contributed by atoms with van der Waals surface area (Å²) in [7, 11) is 0. The molecular weight excluding hydrogens is 368 g/mol. The fourth-order valence-electron chi connectivity index (χ4n) is 5.69. The fourth-order valence-corrected chi connectivity index (χ4v) is 5.69. The largest absolute Gasteiger partial charge is 0.352 e. The van der Waals surface area contributed by atoms with Gasteiger partial charge in [0.25, 0.3) is 6.41 Å². The molecule has 158 valence electrons. The summed E-state index contributed by atoms with van der Waals surface area (Å²) >= 11 is 0. The Kier molecular flexibility index (Phi) is 4.71. The molecule has 2 saturated heterocycles. The molecule has 7 nitrogen and oxygen atoms in total. The van der Waals surface area contributed by atoms with Crippen LogP contribution in [0.25, 0.3) is 0 Å². The van der Waals surface area contributed by atoms with Gasteiger partial charge in [-0.1, -0.05) is 30.3 Å². The molecule has 2 heterocycles. The molecule has 2 bridgehead atoms. The van der Waals surface area contributed by atoms with Crippen LogP contribution in [0.4, 0.5) is 0 Å². The quantitative estimate of drug-likeness (QED) is 0.478. The van der Waals surface area contributed by atoms with Gasteiger partial charge in [-0.15, -0.1) is 0 Å². The van der Waals surface area contributed by atoms with Crippen LogP contribution in [-0.4, -0.2) is 47.1 Å². The molecule has 3 atom stereocenters. The van der Waals surface area contributed by atoms with Crippen LogP contribution >= 0.6 is 0 Å². The van der Waals surface area contributed by atoms with E-state index in [-0.39, 0.29) is 30.1 Å². The minimum atomic E-state index is -0.554. The number of carbonyl (C=O) groups is 1. The van der Waals surface area contributed by atoms with Crippen molar-refractivity contribution in [3.05, 3.63) is 35.9 Å². The maximum atomic E-state index is 12.6. The second kappa shape index (κ2) is 7.03. The number of fused-ring (bicyclic) bond motifs is 1. The summed E-state index contributed by atoms with van der Waals surface area (Å²) in [4.78, 5) is 25.5. The molecule has 1 unspecified atom stereocenters. The van der Waals surface area contributed by atoms with E-state index in [9.17, 15) is 4.79 Å². The molecule has 7 heteroatoms. The van der Waals surface area contributed by atoms with E-state index in [4.69, 9.17) is 9.78 Å². The van der Waals surface area contributed by atoms with Crippen LogP contribution in [0.1, 0.15) is 45.6 Å². The van der Waals surface area contributed by atoms with E-state index in [2.05, 4.69) is 45.1 Å². The average Bonchev–Trinajstić information content (AvgIpc) is 3.15. The first kappa shape index (κ1) is 19.5. The maximum absolute atomic E-state index is 12.6. The van der Waals surface area contributed by atoms with Gasteiger partial charge in [0.05, 0.1) is 6.17 Å². The normalized spacial score (nSPS) is 38.4. The molecule has 1 aromatic rings. The van der Waals surface area contributed by atoms with Gasteiger partial charge < -0.3 is 5.32 Å². The number of amides is 1. The number of hydrogen-bond donors (Lipinski definition) is 3. The Bertz CT molecular complexity index is 763. The highest BCUT2D eigenvalue weighted by atomic mass is 17.4. The monoisotopic (exact) mass is 400 g/mol. The molecule has 1 aromatic carbocycles. The topological polar surface area (TPSA) is 81.5 Å². The first-order valence-electron chi connectivity index (χ1n) is 10.8. The highest BCUT2D eigenvalue weighted by Crippen LogP contribution is 2.61. The van der Waals surface area contributed by atoms with Crippen LogP contribution in [0.3, 0.4) is 0 Å². The predicted molar refractivity (Wildman–Crippen MR) is 108 cm³/mol. The van der Waals surface area contributed by atoms with E-state index >= 15 is 0 Å². The molecule has 0 spiro atoms. The lowest BCUT2D eigenvalue weighted by Crippen LogP contribution is -2.56. The molecule has 3 aliphatic carbocycles. The Morgan fingerprint density at radius 1 is 1.24 bits per heavy atom. The van der Waals surface area contributed by atoms with Gasteiger partial charge >= 0.3 is 0 Å². The minimum absolute atomic E-state index is 0.0769. The predicted octanol–water partition coefficient (Wildman–Crippen LogP) is 1.70. The molecule has 5 fully saturated rings. The molecule has 3 N–H and O–H groups in total. The standard InChI is InChI=1S/C22H32N4O3/c1-14(2)24-19(27)21(3)13-23-18(25-21)17-11-22(9-16(17)10-22)26(20-28-29-20)12-15-7-5-4-6-8-15/h4-8,14,16-18,20,23,25H,9-13H2,1-3H3,(H,24,27)/t16?,17-,18?,21+,22?/m0/s1. The third-order valence-corrected chi connectivity index (χ3v) is 7.25. The van der Waals surface area contributed by atoms with Gasteiger partial charge in [-0.2, -0.15) is 9.78 Å². The molecular formula is C22H32N4O3. The van der Waals surface area contributed by atoms with Crippen molar-refractivity contribution < 1.29 is 14.6 Å². The number of hydrogen-bond acceptors (Lipinski definition) is 6. The first-order valence-corrected chi connectivity index (χ1v) is 10.8. The van der Waals surface area contributed by atoms with E-state index < -0.39 is 5.54 Å². The summed E-state index contributed by atoms with van der Waals surface area (Å²) in [5, 5.41) is 10.3. The maximum Gasteiger partial charge on any atom is 0.281 e. The van der Waals surface area contributed by atoms with E-state index in [0.29, 0.717) is 18.4 Å². The minimum Gasteiger partial charge on any atom is -0.352 e. The molecule has 1 amide bonds. The van der Waals surface area contributed by atoms with E-state index in [1.165, 1.54) is 18.4 Å². The van der Waals surface area contributed by atoms with Crippen LogP contribution in [0.2, 0.25) is 0 Å². The van der Waals surface area contributed by atoms with Crippen molar-refractivity contribution in [2.45, 2.75) is 76.3 Å². The van der Waals surface area contributed by atoms with Gasteiger partial charge in [-0.3, -0.25) is 15.4 Å². The SMILES string of the molecule is CC(C)NC(=O)[C@@]1(C)CNC([C@H]2CC3(N(Cc4ccccc4)C4OO4)CC2C3)N1. The lowest BCUT2D eigenvalue weighted by atomic mass is 9.74. The van der Waals surface area contributed by atoms with Crippen molar-refractivity contribution >= 4 is 5.91 Å². The Morgan fingerprint density at radius 2 is 1.97 bits per heavy atom. The van der Waals surface area contributed by atoms with Crippen molar-refractivity contribution in [2.75, 3.05) is 6.54 Å². The lowest BCUT2D eigenvalue weighted by Gasteiger charge is -2.46. The van der Waals surface area contributed by atoms with Gasteiger partial charge in [0.2, 0.25) is 5.91 Å². The zero-order chi connectivity index (χ0) is 20.2. The van der Waals surface area contributed by atoms with E-state index in [1.807, 2.05) is 26.8 Å². The number of carbonyl (C=O) groups excluding carboxylic acids is 1. The third-order valence-electron chi connectivity index (χ3n) is 7.25. The van der Waals surface area contributed by atoms with Crippen LogP contribution in [0, 0.1) is 11.8 Å². The van der Waals surface area contributed by atoms with Crippen LogP contribution in [-0.2, 0) is 21.1 Å². The van der Waals surface area contributed by atoms with Crippen molar-refractivity contribution in [3.63, 3.8) is 0 Å². The molecule has 0 aromatic heterocycles. The Morgan fingerprint density at radius 3 is 2.62 bits per heavy atom.